The van der Waals surface area contributed by atoms with E-state index < -0.39 is 6.04 Å². The Morgan fingerprint density at radius 2 is 2.25 bits per heavy atom. The minimum absolute atomic E-state index is 0.254. The Morgan fingerprint density at radius 1 is 1.36 bits per heavy atom. The molecule has 0 radical (unpaired) electrons. The van der Waals surface area contributed by atoms with Crippen LogP contribution in [0.3, 0.4) is 0 Å². The largest absolute Gasteiger partial charge is 0.337 e. The molecule has 3 aromatic rings. The summed E-state index contributed by atoms with van der Waals surface area (Å²) in [5.74, 6) is -0.0605. The van der Waals surface area contributed by atoms with E-state index in [1.54, 1.807) is 30.6 Å². The highest BCUT2D eigenvalue weighted by Crippen LogP contribution is 2.22. The van der Waals surface area contributed by atoms with Crippen LogP contribution in [-0.4, -0.2) is 38.3 Å². The van der Waals surface area contributed by atoms with Gasteiger partial charge in [0.05, 0.1) is 6.04 Å². The van der Waals surface area contributed by atoms with Gasteiger partial charge < -0.3 is 15.2 Å². The number of amides is 1. The quantitative estimate of drug-likeness (QED) is 0.709. The second-order valence-corrected chi connectivity index (χ2v) is 7.04. The number of imidazole rings is 1. The van der Waals surface area contributed by atoms with Gasteiger partial charge in [0, 0.05) is 32.2 Å². The lowest BCUT2D eigenvalue weighted by Crippen LogP contribution is -2.33. The van der Waals surface area contributed by atoms with Crippen LogP contribution in [0.15, 0.2) is 48.9 Å². The summed E-state index contributed by atoms with van der Waals surface area (Å²) in [7, 11) is 1.84. The van der Waals surface area contributed by atoms with E-state index in [2.05, 4.69) is 20.7 Å². The number of nitrogens with one attached hydrogen (secondary N) is 2. The first-order chi connectivity index (χ1) is 13.6. The van der Waals surface area contributed by atoms with Gasteiger partial charge in [0.2, 0.25) is 0 Å². The summed E-state index contributed by atoms with van der Waals surface area (Å²) >= 11 is 0. The molecule has 1 amide bonds. The molecule has 2 unspecified atom stereocenters. The second kappa shape index (κ2) is 7.93. The van der Waals surface area contributed by atoms with Gasteiger partial charge in [0.1, 0.15) is 23.4 Å². The summed E-state index contributed by atoms with van der Waals surface area (Å²) in [6, 6.07) is 7.57. The van der Waals surface area contributed by atoms with Crippen molar-refractivity contribution in [3.63, 3.8) is 0 Å². The minimum Gasteiger partial charge on any atom is -0.337 e. The zero-order valence-electron chi connectivity index (χ0n) is 15.7. The van der Waals surface area contributed by atoms with Crippen molar-refractivity contribution >= 4 is 5.91 Å². The first-order valence-electron chi connectivity index (χ1n) is 9.41. The van der Waals surface area contributed by atoms with Crippen LogP contribution in [0.25, 0.3) is 0 Å². The average molecular weight is 382 g/mol. The molecular formula is C20H23FN6O. The summed E-state index contributed by atoms with van der Waals surface area (Å²) in [5.41, 5.74) is 0.958. The summed E-state index contributed by atoms with van der Waals surface area (Å²) in [6.07, 6.45) is 7.41. The fraction of sp³-hybridized carbons (Fsp3) is 0.350. The van der Waals surface area contributed by atoms with Crippen LogP contribution in [0, 0.1) is 5.82 Å². The van der Waals surface area contributed by atoms with Crippen molar-refractivity contribution in [2.24, 2.45) is 7.05 Å². The van der Waals surface area contributed by atoms with Gasteiger partial charge in [0.15, 0.2) is 0 Å². The van der Waals surface area contributed by atoms with Crippen LogP contribution in [-0.2, 0) is 7.05 Å². The van der Waals surface area contributed by atoms with Gasteiger partial charge in [0.25, 0.3) is 5.91 Å². The number of aromatic nitrogens is 4. The highest BCUT2D eigenvalue weighted by Gasteiger charge is 2.24. The normalized spacial score (nSPS) is 18.0. The summed E-state index contributed by atoms with van der Waals surface area (Å²) in [4.78, 5) is 17.2. The van der Waals surface area contributed by atoms with E-state index in [0.29, 0.717) is 17.1 Å². The van der Waals surface area contributed by atoms with Crippen LogP contribution < -0.4 is 10.6 Å². The molecule has 2 aromatic heterocycles. The Hall–Kier alpha value is -3.00. The molecule has 1 aliphatic heterocycles. The molecule has 1 fully saturated rings. The fourth-order valence-electron chi connectivity index (χ4n) is 3.57. The number of benzene rings is 1. The van der Waals surface area contributed by atoms with E-state index in [0.717, 1.165) is 25.9 Å². The highest BCUT2D eigenvalue weighted by atomic mass is 19.1. The zero-order chi connectivity index (χ0) is 19.5. The van der Waals surface area contributed by atoms with E-state index in [9.17, 15) is 9.18 Å². The van der Waals surface area contributed by atoms with Gasteiger partial charge in [-0.2, -0.15) is 5.10 Å². The molecular weight excluding hydrogens is 359 g/mol. The monoisotopic (exact) mass is 382 g/mol. The summed E-state index contributed by atoms with van der Waals surface area (Å²) in [6.45, 7) is 1.87. The summed E-state index contributed by atoms with van der Waals surface area (Å²) in [5, 5.41) is 10.8. The van der Waals surface area contributed by atoms with Crippen LogP contribution in [0.2, 0.25) is 0 Å². The first kappa shape index (κ1) is 18.4. The molecule has 0 bridgehead atoms. The van der Waals surface area contributed by atoms with Gasteiger partial charge in [-0.25, -0.2) is 9.37 Å². The van der Waals surface area contributed by atoms with Gasteiger partial charge >= 0.3 is 0 Å². The molecule has 146 valence electrons. The zero-order valence-corrected chi connectivity index (χ0v) is 15.7. The van der Waals surface area contributed by atoms with Crippen molar-refractivity contribution in [1.29, 1.82) is 0 Å². The Labute approximate surface area is 162 Å². The van der Waals surface area contributed by atoms with E-state index in [-0.39, 0.29) is 17.8 Å². The smallest absolute Gasteiger partial charge is 0.272 e. The Morgan fingerprint density at radius 3 is 2.96 bits per heavy atom. The molecule has 2 atom stereocenters. The predicted molar refractivity (Wildman–Crippen MR) is 102 cm³/mol. The number of nitrogens with zero attached hydrogens (tertiary/aromatic N) is 4. The Bertz CT molecular complexity index is 959. The fourth-order valence-corrected chi connectivity index (χ4v) is 3.57. The number of hydrogen-bond donors (Lipinski definition) is 2. The number of halogens is 1. The summed E-state index contributed by atoms with van der Waals surface area (Å²) < 4.78 is 17.4. The molecule has 8 heteroatoms. The van der Waals surface area contributed by atoms with Crippen molar-refractivity contribution in [2.75, 3.05) is 13.1 Å². The molecule has 2 N–H and O–H groups in total. The number of carbonyl (C=O) groups is 1. The maximum Gasteiger partial charge on any atom is 0.272 e. The first-order valence-corrected chi connectivity index (χ1v) is 9.41. The number of piperidine rings is 1. The maximum absolute atomic E-state index is 13.8. The highest BCUT2D eigenvalue weighted by molar-refractivity contribution is 5.92. The third-order valence-corrected chi connectivity index (χ3v) is 5.06. The van der Waals surface area contributed by atoms with Crippen LogP contribution in [0.1, 0.15) is 46.8 Å². The van der Waals surface area contributed by atoms with E-state index in [4.69, 9.17) is 0 Å². The van der Waals surface area contributed by atoms with Crippen LogP contribution in [0.4, 0.5) is 4.39 Å². The minimum atomic E-state index is -0.579. The topological polar surface area (TPSA) is 76.8 Å². The molecule has 7 nitrogen and oxygen atoms in total. The Balaban J connectivity index is 1.57. The molecule has 1 saturated heterocycles. The third-order valence-electron chi connectivity index (χ3n) is 5.06. The van der Waals surface area contributed by atoms with E-state index in [1.165, 1.54) is 12.1 Å². The SMILES string of the molecule is Cn1ccnc1C(NC(=O)c1ccn(C2CCCNC2)n1)c1cccc(F)c1. The van der Waals surface area contributed by atoms with Crippen LogP contribution >= 0.6 is 0 Å². The van der Waals surface area contributed by atoms with Gasteiger partial charge in [-0.1, -0.05) is 12.1 Å². The van der Waals surface area contributed by atoms with Crippen LogP contribution in [0.5, 0.6) is 0 Å². The molecule has 0 aliphatic carbocycles. The van der Waals surface area contributed by atoms with Crippen molar-refractivity contribution in [1.82, 2.24) is 30.0 Å². The number of carbonyl (C=O) groups excluding carboxylic acids is 1. The molecule has 28 heavy (non-hydrogen) atoms. The van der Waals surface area contributed by atoms with Crippen molar-refractivity contribution in [2.45, 2.75) is 24.9 Å². The lowest BCUT2D eigenvalue weighted by molar-refractivity contribution is 0.0934. The number of aryl methyl sites for hydroxylation is 1. The Kier molecular flexibility index (Phi) is 5.21. The number of hydrogen-bond acceptors (Lipinski definition) is 4. The molecule has 0 spiro atoms. The van der Waals surface area contributed by atoms with E-state index >= 15 is 0 Å². The molecule has 3 heterocycles. The van der Waals surface area contributed by atoms with E-state index in [1.807, 2.05) is 22.5 Å². The average Bonchev–Trinajstić information content (AvgIpc) is 3.36. The maximum atomic E-state index is 13.8. The van der Waals surface area contributed by atoms with Gasteiger partial charge in [-0.15, -0.1) is 0 Å². The van der Waals surface area contributed by atoms with Crippen molar-refractivity contribution < 1.29 is 9.18 Å². The predicted octanol–water partition coefficient (Wildman–Crippen LogP) is 2.20. The van der Waals surface area contributed by atoms with Gasteiger partial charge in [-0.3, -0.25) is 9.48 Å². The third kappa shape index (κ3) is 3.82. The lowest BCUT2D eigenvalue weighted by Gasteiger charge is -2.23. The molecule has 1 aromatic carbocycles. The lowest BCUT2D eigenvalue weighted by atomic mass is 10.1. The van der Waals surface area contributed by atoms with Crippen molar-refractivity contribution in [3.8, 4) is 0 Å². The molecule has 1 aliphatic rings. The van der Waals surface area contributed by atoms with Crippen molar-refractivity contribution in [3.05, 3.63) is 71.8 Å². The number of rotatable bonds is 5. The molecule has 0 saturated carbocycles. The standard InChI is InChI=1S/C20H23FN6O/c1-26-11-9-23-19(26)18(14-4-2-5-15(21)12-14)24-20(28)17-7-10-27(25-17)16-6-3-8-22-13-16/h2,4-5,7,9-12,16,18,22H,3,6,8,13H2,1H3,(H,24,28). The second-order valence-electron chi connectivity index (χ2n) is 7.04. The van der Waals surface area contributed by atoms with Gasteiger partial charge in [-0.05, 0) is 43.1 Å². The molecule has 4 rings (SSSR count).